The molecular weight excluding hydrogens is 446 g/mol. The van der Waals surface area contributed by atoms with E-state index < -0.39 is 5.91 Å². The van der Waals surface area contributed by atoms with Crippen molar-refractivity contribution in [1.82, 2.24) is 19.9 Å². The van der Waals surface area contributed by atoms with E-state index in [0.717, 1.165) is 4.47 Å². The zero-order valence-electron chi connectivity index (χ0n) is 15.2. The minimum Gasteiger partial charge on any atom is -0.497 e. The number of carbonyl (C=O) groups is 1. The molecule has 149 valence electrons. The zero-order chi connectivity index (χ0) is 20.6. The summed E-state index contributed by atoms with van der Waals surface area (Å²) in [5, 5.41) is 0. The molecule has 0 unspecified atom stereocenters. The van der Waals surface area contributed by atoms with E-state index in [0.29, 0.717) is 11.5 Å². The predicted molar refractivity (Wildman–Crippen MR) is 103 cm³/mol. The Balaban J connectivity index is 1.69. The number of benzene rings is 1. The third-order valence-electron chi connectivity index (χ3n) is 3.30. The molecule has 2 heterocycles. The molecule has 0 aliphatic heterocycles. The van der Waals surface area contributed by atoms with Crippen LogP contribution in [0.2, 0.25) is 0 Å². The quantitative estimate of drug-likeness (QED) is 0.476. The van der Waals surface area contributed by atoms with Crippen molar-refractivity contribution < 1.29 is 23.7 Å². The van der Waals surface area contributed by atoms with Crippen LogP contribution in [0.5, 0.6) is 29.1 Å². The molecule has 1 amide bonds. The topological polar surface area (TPSA) is 132 Å². The van der Waals surface area contributed by atoms with Crippen LogP contribution in [0, 0.1) is 6.20 Å². The molecule has 1 radical (unpaired) electrons. The van der Waals surface area contributed by atoms with Crippen LogP contribution < -0.4 is 24.7 Å². The second kappa shape index (κ2) is 9.64. The summed E-state index contributed by atoms with van der Waals surface area (Å²) in [6.07, 6.45) is 5.68. The average molecular weight is 461 g/mol. The summed E-state index contributed by atoms with van der Waals surface area (Å²) in [7, 11) is 1.54. The van der Waals surface area contributed by atoms with Crippen molar-refractivity contribution >= 4 is 21.8 Å². The molecule has 0 atom stereocenters. The number of nitrogens with two attached hydrogens (primary N) is 1. The minimum absolute atomic E-state index is 0.0167. The van der Waals surface area contributed by atoms with E-state index >= 15 is 0 Å². The van der Waals surface area contributed by atoms with E-state index in [-0.39, 0.29) is 36.7 Å². The lowest BCUT2D eigenvalue weighted by molar-refractivity contribution is 0.0988. The highest BCUT2D eigenvalue weighted by Crippen LogP contribution is 2.30. The molecule has 2 aromatic heterocycles. The Hall–Kier alpha value is -3.47. The molecule has 2 N–H and O–H groups in total. The molecule has 0 saturated carbocycles. The van der Waals surface area contributed by atoms with Gasteiger partial charge in [0.15, 0.2) is 0 Å². The number of ether oxygens (including phenoxy) is 4. The number of primary amides is 1. The first-order valence-electron chi connectivity index (χ1n) is 8.19. The number of aromatic nitrogens is 4. The maximum Gasteiger partial charge on any atom is 0.316 e. The van der Waals surface area contributed by atoms with Crippen molar-refractivity contribution in [2.45, 2.75) is 0 Å². The van der Waals surface area contributed by atoms with Crippen molar-refractivity contribution in [2.24, 2.45) is 5.73 Å². The smallest absolute Gasteiger partial charge is 0.316 e. The van der Waals surface area contributed by atoms with Gasteiger partial charge in [-0.2, -0.15) is 4.98 Å². The fourth-order valence-corrected chi connectivity index (χ4v) is 2.23. The normalized spacial score (nSPS) is 10.3. The van der Waals surface area contributed by atoms with Crippen LogP contribution in [0.25, 0.3) is 0 Å². The second-order valence-electron chi connectivity index (χ2n) is 5.32. The molecule has 0 aliphatic carbocycles. The molecule has 10 nitrogen and oxygen atoms in total. The van der Waals surface area contributed by atoms with Crippen molar-refractivity contribution in [3.05, 3.63) is 53.2 Å². The number of carbonyl (C=O) groups excluding carboxylic acids is 1. The lowest BCUT2D eigenvalue weighted by atomic mass is 10.3. The summed E-state index contributed by atoms with van der Waals surface area (Å²) < 4.78 is 22.5. The molecule has 0 bridgehead atoms. The third kappa shape index (κ3) is 5.75. The number of amides is 1. The molecule has 11 heteroatoms. The van der Waals surface area contributed by atoms with Gasteiger partial charge in [0.1, 0.15) is 30.9 Å². The highest BCUT2D eigenvalue weighted by atomic mass is 79.9. The first-order chi connectivity index (χ1) is 14.0. The van der Waals surface area contributed by atoms with E-state index in [2.05, 4.69) is 42.1 Å². The maximum absolute atomic E-state index is 11.4. The van der Waals surface area contributed by atoms with Gasteiger partial charge in [0.2, 0.25) is 11.6 Å². The van der Waals surface area contributed by atoms with E-state index in [1.54, 1.807) is 43.8 Å². The summed E-state index contributed by atoms with van der Waals surface area (Å²) in [5.41, 5.74) is 5.22. The van der Waals surface area contributed by atoms with Crippen LogP contribution >= 0.6 is 15.9 Å². The number of hydrogen-bond donors (Lipinski definition) is 1. The summed E-state index contributed by atoms with van der Waals surface area (Å²) in [6, 6.07) is 7.07. The Morgan fingerprint density at radius 2 is 1.90 bits per heavy atom. The summed E-state index contributed by atoms with van der Waals surface area (Å²) in [6.45, 7) is 0.188. The minimum atomic E-state index is -0.821. The number of halogens is 1. The molecule has 0 saturated heterocycles. The first kappa shape index (κ1) is 20.3. The van der Waals surface area contributed by atoms with Gasteiger partial charge in [-0.25, -0.2) is 15.0 Å². The highest BCUT2D eigenvalue weighted by molar-refractivity contribution is 9.10. The monoisotopic (exact) mass is 460 g/mol. The summed E-state index contributed by atoms with van der Waals surface area (Å²) in [4.78, 5) is 27.1. The van der Waals surface area contributed by atoms with Crippen LogP contribution in [0.15, 0.2) is 41.1 Å². The van der Waals surface area contributed by atoms with Crippen molar-refractivity contribution in [2.75, 3.05) is 20.3 Å². The van der Waals surface area contributed by atoms with Crippen LogP contribution in [0.3, 0.4) is 0 Å². The lowest BCUT2D eigenvalue weighted by Gasteiger charge is -2.12. The Morgan fingerprint density at radius 3 is 2.62 bits per heavy atom. The van der Waals surface area contributed by atoms with Gasteiger partial charge in [-0.05, 0) is 28.1 Å². The molecule has 0 aliphatic rings. The predicted octanol–water partition coefficient (Wildman–Crippen LogP) is 2.19. The molecule has 29 heavy (non-hydrogen) atoms. The summed E-state index contributed by atoms with van der Waals surface area (Å²) >= 11 is 3.24. The lowest BCUT2D eigenvalue weighted by Crippen LogP contribution is -2.17. The molecule has 0 spiro atoms. The Kier molecular flexibility index (Phi) is 6.74. The molecular formula is C18H15BrN5O5. The number of nitrogens with zero attached hydrogens (tertiary/aromatic N) is 4. The van der Waals surface area contributed by atoms with Crippen LogP contribution in [0.1, 0.15) is 10.6 Å². The fourth-order valence-electron chi connectivity index (χ4n) is 2.03. The van der Waals surface area contributed by atoms with Crippen molar-refractivity contribution in [3.8, 4) is 29.1 Å². The van der Waals surface area contributed by atoms with E-state index in [9.17, 15) is 4.79 Å². The fraction of sp³-hybridized carbons (Fsp3) is 0.167. The van der Waals surface area contributed by atoms with E-state index in [4.69, 9.17) is 24.7 Å². The molecule has 0 fully saturated rings. The van der Waals surface area contributed by atoms with Gasteiger partial charge in [-0.15, -0.1) is 0 Å². The van der Waals surface area contributed by atoms with Gasteiger partial charge in [0.25, 0.3) is 11.8 Å². The largest absolute Gasteiger partial charge is 0.497 e. The zero-order valence-corrected chi connectivity index (χ0v) is 16.7. The Labute approximate surface area is 174 Å². The van der Waals surface area contributed by atoms with Gasteiger partial charge < -0.3 is 24.7 Å². The SMILES string of the molecule is COc1cccc(Oc2[c]nc(C(N)=O)nc2OCCOc2ncc(Br)cn2)c1. The number of rotatable bonds is 9. The van der Waals surface area contributed by atoms with Gasteiger partial charge in [0.05, 0.1) is 11.6 Å². The number of methoxy groups -OCH3 is 1. The number of hydrogen-bond acceptors (Lipinski definition) is 9. The molecule has 3 aromatic rings. The molecule has 1 aromatic carbocycles. The van der Waals surface area contributed by atoms with Crippen LogP contribution in [-0.4, -0.2) is 46.2 Å². The van der Waals surface area contributed by atoms with Crippen LogP contribution in [0.4, 0.5) is 0 Å². The van der Waals surface area contributed by atoms with Gasteiger partial charge in [-0.3, -0.25) is 4.79 Å². The standard InChI is InChI=1S/C18H15BrN5O5/c1-26-12-3-2-4-13(7-12)29-14-10-21-16(15(20)25)24-17(14)27-5-6-28-18-22-8-11(19)9-23-18/h2-4,7-9H,5-6H2,1H3,(H2,20,25). The second-order valence-corrected chi connectivity index (χ2v) is 6.24. The summed E-state index contributed by atoms with van der Waals surface area (Å²) in [5.74, 6) is 0.0247. The molecule has 3 rings (SSSR count). The Morgan fingerprint density at radius 1 is 1.17 bits per heavy atom. The van der Waals surface area contributed by atoms with Crippen molar-refractivity contribution in [1.29, 1.82) is 0 Å². The van der Waals surface area contributed by atoms with E-state index in [1.165, 1.54) is 0 Å². The van der Waals surface area contributed by atoms with Crippen molar-refractivity contribution in [3.63, 3.8) is 0 Å². The first-order valence-corrected chi connectivity index (χ1v) is 8.99. The van der Waals surface area contributed by atoms with Crippen LogP contribution in [-0.2, 0) is 0 Å². The van der Waals surface area contributed by atoms with Gasteiger partial charge in [0, 0.05) is 18.5 Å². The average Bonchev–Trinajstić information content (AvgIpc) is 2.73. The Bertz CT molecular complexity index is 987. The van der Waals surface area contributed by atoms with Gasteiger partial charge in [-0.1, -0.05) is 6.07 Å². The van der Waals surface area contributed by atoms with Gasteiger partial charge >= 0.3 is 6.01 Å². The highest BCUT2D eigenvalue weighted by Gasteiger charge is 2.15. The third-order valence-corrected chi connectivity index (χ3v) is 3.71. The van der Waals surface area contributed by atoms with E-state index in [1.807, 2.05) is 0 Å². The maximum atomic E-state index is 11.4.